The average molecular weight is 274 g/mol. The van der Waals surface area contributed by atoms with Gasteiger partial charge in [0.2, 0.25) is 0 Å². The monoisotopic (exact) mass is 274 g/mol. The van der Waals surface area contributed by atoms with Gasteiger partial charge in [-0.25, -0.2) is 0 Å². The minimum Gasteiger partial charge on any atom is -0.387 e. The molecule has 0 radical (unpaired) electrons. The number of fused-ring (bicyclic) bond motifs is 1. The van der Waals surface area contributed by atoms with Crippen molar-refractivity contribution in [3.8, 4) is 0 Å². The number of hydrogen-bond donors (Lipinski definition) is 1. The van der Waals surface area contributed by atoms with Crippen LogP contribution < -0.4 is 0 Å². The molecule has 2 unspecified atom stereocenters. The van der Waals surface area contributed by atoms with Crippen LogP contribution in [-0.4, -0.2) is 54.7 Å². The standard InChI is InChI=1S/C17H26N2O/c1-18(2)12-13-7-9-19(10-8-13)16-11-14-5-3-4-6-15(14)17(16)20/h3-6,13,16-17,20H,7-12H2,1-2H3. The number of nitrogens with zero attached hydrogens (tertiary/aromatic N) is 2. The van der Waals surface area contributed by atoms with E-state index in [0.29, 0.717) is 6.04 Å². The predicted molar refractivity (Wildman–Crippen MR) is 81.7 cm³/mol. The molecule has 1 aliphatic carbocycles. The number of benzene rings is 1. The van der Waals surface area contributed by atoms with Gasteiger partial charge in [-0.2, -0.15) is 0 Å². The van der Waals surface area contributed by atoms with E-state index >= 15 is 0 Å². The van der Waals surface area contributed by atoms with Crippen molar-refractivity contribution in [2.75, 3.05) is 33.7 Å². The first-order valence-corrected chi connectivity index (χ1v) is 7.80. The molecule has 0 aromatic heterocycles. The first-order chi connectivity index (χ1) is 9.65. The van der Waals surface area contributed by atoms with Gasteiger partial charge in [-0.05, 0) is 63.5 Å². The first kappa shape index (κ1) is 14.1. The van der Waals surface area contributed by atoms with Crippen LogP contribution >= 0.6 is 0 Å². The molecule has 1 aromatic rings. The smallest absolute Gasteiger partial charge is 0.0951 e. The van der Waals surface area contributed by atoms with E-state index in [9.17, 15) is 5.11 Å². The summed E-state index contributed by atoms with van der Waals surface area (Å²) in [6.07, 6.45) is 3.24. The molecule has 2 atom stereocenters. The van der Waals surface area contributed by atoms with Crippen LogP contribution in [0.25, 0.3) is 0 Å². The van der Waals surface area contributed by atoms with E-state index < -0.39 is 0 Å². The molecule has 0 spiro atoms. The summed E-state index contributed by atoms with van der Waals surface area (Å²) in [5.41, 5.74) is 2.48. The van der Waals surface area contributed by atoms with Gasteiger partial charge in [0.1, 0.15) is 0 Å². The highest BCUT2D eigenvalue weighted by Gasteiger charge is 2.36. The largest absolute Gasteiger partial charge is 0.387 e. The molecule has 2 aliphatic rings. The minimum absolute atomic E-state index is 0.295. The Morgan fingerprint density at radius 2 is 1.90 bits per heavy atom. The molecule has 3 rings (SSSR count). The number of likely N-dealkylation sites (tertiary alicyclic amines) is 1. The lowest BCUT2D eigenvalue weighted by Gasteiger charge is -2.38. The third kappa shape index (κ3) is 2.76. The number of aliphatic hydroxyl groups is 1. The van der Waals surface area contributed by atoms with E-state index in [4.69, 9.17) is 0 Å². The Hall–Kier alpha value is -0.900. The summed E-state index contributed by atoms with van der Waals surface area (Å²) in [4.78, 5) is 4.80. The molecule has 1 saturated heterocycles. The van der Waals surface area contributed by atoms with E-state index in [0.717, 1.165) is 31.0 Å². The molecule has 3 nitrogen and oxygen atoms in total. The Kier molecular flexibility index (Phi) is 4.11. The highest BCUT2D eigenvalue weighted by molar-refractivity contribution is 5.35. The van der Waals surface area contributed by atoms with Crippen LogP contribution in [0, 0.1) is 5.92 Å². The van der Waals surface area contributed by atoms with Gasteiger partial charge in [0.05, 0.1) is 6.10 Å². The lowest BCUT2D eigenvalue weighted by Crippen LogP contribution is -2.44. The third-order valence-corrected chi connectivity index (χ3v) is 4.91. The Labute approximate surface area is 122 Å². The maximum absolute atomic E-state index is 10.6. The van der Waals surface area contributed by atoms with Crippen LogP contribution in [0.5, 0.6) is 0 Å². The summed E-state index contributed by atoms with van der Waals surface area (Å²) in [5, 5.41) is 10.6. The fourth-order valence-electron chi connectivity index (χ4n) is 3.87. The molecular weight excluding hydrogens is 248 g/mol. The molecular formula is C17H26N2O. The molecule has 1 aliphatic heterocycles. The Balaban J connectivity index is 1.60. The fraction of sp³-hybridized carbons (Fsp3) is 0.647. The molecule has 0 bridgehead atoms. The van der Waals surface area contributed by atoms with Gasteiger partial charge in [0, 0.05) is 12.6 Å². The van der Waals surface area contributed by atoms with Gasteiger partial charge in [-0.15, -0.1) is 0 Å². The molecule has 1 fully saturated rings. The molecule has 3 heteroatoms. The SMILES string of the molecule is CN(C)CC1CCN(C2Cc3ccccc3C2O)CC1. The second kappa shape index (κ2) is 5.84. The van der Waals surface area contributed by atoms with E-state index in [1.807, 2.05) is 6.07 Å². The lowest BCUT2D eigenvalue weighted by atomic mass is 9.94. The third-order valence-electron chi connectivity index (χ3n) is 4.91. The molecule has 110 valence electrons. The van der Waals surface area contributed by atoms with Crippen molar-refractivity contribution < 1.29 is 5.11 Å². The molecule has 0 amide bonds. The van der Waals surface area contributed by atoms with Crippen molar-refractivity contribution in [3.63, 3.8) is 0 Å². The average Bonchev–Trinajstić information content (AvgIpc) is 2.77. The van der Waals surface area contributed by atoms with Gasteiger partial charge >= 0.3 is 0 Å². The van der Waals surface area contributed by atoms with Crippen molar-refractivity contribution in [1.29, 1.82) is 0 Å². The van der Waals surface area contributed by atoms with Crippen LogP contribution in [0.2, 0.25) is 0 Å². The Morgan fingerprint density at radius 3 is 2.55 bits per heavy atom. The second-order valence-corrected chi connectivity index (χ2v) is 6.66. The molecule has 1 heterocycles. The summed E-state index contributed by atoms with van der Waals surface area (Å²) < 4.78 is 0. The lowest BCUT2D eigenvalue weighted by molar-refractivity contribution is 0.0363. The number of hydrogen-bond acceptors (Lipinski definition) is 3. The van der Waals surface area contributed by atoms with Crippen molar-refractivity contribution in [3.05, 3.63) is 35.4 Å². The van der Waals surface area contributed by atoms with Gasteiger partial charge in [0.15, 0.2) is 0 Å². The topological polar surface area (TPSA) is 26.7 Å². The summed E-state index contributed by atoms with van der Waals surface area (Å²) in [6.45, 7) is 3.46. The zero-order valence-electron chi connectivity index (χ0n) is 12.6. The summed E-state index contributed by atoms with van der Waals surface area (Å²) in [5.74, 6) is 0.821. The second-order valence-electron chi connectivity index (χ2n) is 6.66. The van der Waals surface area contributed by atoms with Gasteiger partial charge in [0.25, 0.3) is 0 Å². The predicted octanol–water partition coefficient (Wildman–Crippen LogP) is 1.92. The van der Waals surface area contributed by atoms with Gasteiger partial charge in [-0.1, -0.05) is 24.3 Å². The van der Waals surface area contributed by atoms with E-state index in [1.165, 1.54) is 24.9 Å². The van der Waals surface area contributed by atoms with Crippen LogP contribution in [0.15, 0.2) is 24.3 Å². The Bertz CT molecular complexity index is 452. The van der Waals surface area contributed by atoms with E-state index in [-0.39, 0.29) is 6.10 Å². The Morgan fingerprint density at radius 1 is 1.20 bits per heavy atom. The highest BCUT2D eigenvalue weighted by Crippen LogP contribution is 2.35. The van der Waals surface area contributed by atoms with Crippen molar-refractivity contribution in [2.45, 2.75) is 31.4 Å². The van der Waals surface area contributed by atoms with E-state index in [1.54, 1.807) is 0 Å². The van der Waals surface area contributed by atoms with E-state index in [2.05, 4.69) is 42.1 Å². The number of aliphatic hydroxyl groups excluding tert-OH is 1. The molecule has 0 saturated carbocycles. The highest BCUT2D eigenvalue weighted by atomic mass is 16.3. The van der Waals surface area contributed by atoms with Gasteiger partial charge in [-0.3, -0.25) is 4.90 Å². The van der Waals surface area contributed by atoms with Crippen molar-refractivity contribution >= 4 is 0 Å². The normalized spacial score (nSPS) is 28.0. The minimum atomic E-state index is -0.295. The zero-order valence-corrected chi connectivity index (χ0v) is 12.6. The number of piperidine rings is 1. The summed E-state index contributed by atoms with van der Waals surface area (Å²) in [7, 11) is 4.31. The maximum atomic E-state index is 10.6. The van der Waals surface area contributed by atoms with Crippen LogP contribution in [0.4, 0.5) is 0 Å². The first-order valence-electron chi connectivity index (χ1n) is 7.80. The van der Waals surface area contributed by atoms with Gasteiger partial charge < -0.3 is 10.0 Å². The molecule has 1 N–H and O–H groups in total. The van der Waals surface area contributed by atoms with Crippen LogP contribution in [-0.2, 0) is 6.42 Å². The quantitative estimate of drug-likeness (QED) is 0.912. The van der Waals surface area contributed by atoms with Crippen molar-refractivity contribution in [2.24, 2.45) is 5.92 Å². The summed E-state index contributed by atoms with van der Waals surface area (Å²) in [6, 6.07) is 8.66. The van der Waals surface area contributed by atoms with Crippen LogP contribution in [0.3, 0.4) is 0 Å². The molecule has 20 heavy (non-hydrogen) atoms. The summed E-state index contributed by atoms with van der Waals surface area (Å²) >= 11 is 0. The maximum Gasteiger partial charge on any atom is 0.0951 e. The zero-order chi connectivity index (χ0) is 14.1. The number of rotatable bonds is 3. The fourth-order valence-corrected chi connectivity index (χ4v) is 3.87. The van der Waals surface area contributed by atoms with Crippen LogP contribution in [0.1, 0.15) is 30.1 Å². The molecule has 1 aromatic carbocycles. The van der Waals surface area contributed by atoms with Crippen molar-refractivity contribution in [1.82, 2.24) is 9.80 Å².